The first-order valence-electron chi connectivity index (χ1n) is 8.54. The van der Waals surface area contributed by atoms with Crippen LogP contribution in [0.1, 0.15) is 23.9 Å². The average molecular weight is 381 g/mol. The number of anilines is 2. The minimum atomic E-state index is -4.38. The molecule has 2 aromatic rings. The van der Waals surface area contributed by atoms with Crippen LogP contribution in [0.2, 0.25) is 0 Å². The van der Waals surface area contributed by atoms with Crippen molar-refractivity contribution < 1.29 is 18.0 Å². The van der Waals surface area contributed by atoms with Crippen molar-refractivity contribution in [1.29, 1.82) is 0 Å². The molecule has 6 nitrogen and oxygen atoms in total. The number of nitrogens with zero attached hydrogens (tertiary/aromatic N) is 2. The molecule has 0 aliphatic rings. The maximum Gasteiger partial charge on any atom is 0.416 e. The van der Waals surface area contributed by atoms with Gasteiger partial charge in [0.15, 0.2) is 0 Å². The summed E-state index contributed by atoms with van der Waals surface area (Å²) in [5.74, 6) is 1.74. The first-order chi connectivity index (χ1) is 12.8. The molecule has 2 rings (SSSR count). The van der Waals surface area contributed by atoms with Crippen molar-refractivity contribution >= 4 is 17.5 Å². The molecule has 0 unspecified atom stereocenters. The predicted octanol–water partition coefficient (Wildman–Crippen LogP) is 3.01. The van der Waals surface area contributed by atoms with Gasteiger partial charge in [0.2, 0.25) is 5.91 Å². The van der Waals surface area contributed by atoms with Gasteiger partial charge in [-0.2, -0.15) is 13.2 Å². The molecule has 0 bridgehead atoms. The first kappa shape index (κ1) is 20.5. The number of alkyl halides is 3. The number of rotatable bonds is 8. The van der Waals surface area contributed by atoms with E-state index in [1.807, 2.05) is 6.92 Å². The number of carbonyl (C=O) groups is 1. The number of nitrogens with one attached hydrogen (secondary N) is 3. The lowest BCUT2D eigenvalue weighted by molar-refractivity contribution is -0.137. The Balaban J connectivity index is 1.76. The van der Waals surface area contributed by atoms with Crippen molar-refractivity contribution in [1.82, 2.24) is 15.3 Å². The fourth-order valence-corrected chi connectivity index (χ4v) is 2.38. The Morgan fingerprint density at radius 3 is 2.26 bits per heavy atom. The molecule has 27 heavy (non-hydrogen) atoms. The third kappa shape index (κ3) is 6.76. The van der Waals surface area contributed by atoms with E-state index in [-0.39, 0.29) is 12.3 Å². The number of amides is 1. The number of aromatic nitrogens is 2. The quantitative estimate of drug-likeness (QED) is 0.613. The van der Waals surface area contributed by atoms with Gasteiger partial charge in [-0.3, -0.25) is 4.79 Å². The summed E-state index contributed by atoms with van der Waals surface area (Å²) in [6.45, 7) is 5.32. The third-order valence-electron chi connectivity index (χ3n) is 3.60. The van der Waals surface area contributed by atoms with Crippen LogP contribution in [0.3, 0.4) is 0 Å². The van der Waals surface area contributed by atoms with Crippen molar-refractivity contribution in [3.8, 4) is 0 Å². The fraction of sp³-hybridized carbons (Fsp3) is 0.389. The van der Waals surface area contributed by atoms with Gasteiger partial charge in [0.05, 0.1) is 12.0 Å². The number of hydrogen-bond acceptors (Lipinski definition) is 5. The van der Waals surface area contributed by atoms with Crippen LogP contribution in [0.5, 0.6) is 0 Å². The molecule has 0 aliphatic heterocycles. The van der Waals surface area contributed by atoms with Crippen molar-refractivity contribution in [2.45, 2.75) is 26.4 Å². The second-order valence-electron chi connectivity index (χ2n) is 5.86. The molecule has 146 valence electrons. The van der Waals surface area contributed by atoms with Gasteiger partial charge < -0.3 is 16.0 Å². The molecule has 0 saturated heterocycles. The van der Waals surface area contributed by atoms with Gasteiger partial charge in [0, 0.05) is 25.7 Å². The van der Waals surface area contributed by atoms with Gasteiger partial charge in [-0.25, -0.2) is 9.97 Å². The first-order valence-corrected chi connectivity index (χ1v) is 8.54. The molecule has 0 radical (unpaired) electrons. The van der Waals surface area contributed by atoms with E-state index in [9.17, 15) is 18.0 Å². The number of hydrogen-bond donors (Lipinski definition) is 3. The van der Waals surface area contributed by atoms with Gasteiger partial charge in [0.25, 0.3) is 0 Å². The average Bonchev–Trinajstić information content (AvgIpc) is 2.58. The van der Waals surface area contributed by atoms with E-state index >= 15 is 0 Å². The van der Waals surface area contributed by atoms with Crippen molar-refractivity contribution in [3.05, 3.63) is 47.3 Å². The summed E-state index contributed by atoms with van der Waals surface area (Å²) >= 11 is 0. The van der Waals surface area contributed by atoms with E-state index in [0.717, 1.165) is 24.5 Å². The van der Waals surface area contributed by atoms with E-state index in [1.165, 1.54) is 12.1 Å². The summed E-state index contributed by atoms with van der Waals surface area (Å²) in [7, 11) is 0. The molecule has 0 atom stereocenters. The van der Waals surface area contributed by atoms with Crippen molar-refractivity contribution in [3.63, 3.8) is 0 Å². The number of halogens is 3. The van der Waals surface area contributed by atoms with Crippen LogP contribution in [0.25, 0.3) is 0 Å². The minimum Gasteiger partial charge on any atom is -0.370 e. The van der Waals surface area contributed by atoms with E-state index in [0.29, 0.717) is 30.3 Å². The monoisotopic (exact) mass is 381 g/mol. The molecule has 3 N–H and O–H groups in total. The molecule has 1 aromatic heterocycles. The Kier molecular flexibility index (Phi) is 6.98. The standard InChI is InChI=1S/C18H22F3N5O/c1-3-22-15-11-16(26-12(2)25-15)23-8-9-24-17(27)10-13-4-6-14(7-5-13)18(19,20)21/h4-7,11H,3,8-10H2,1-2H3,(H,24,27)(H2,22,23,25,26). The molecule has 1 heterocycles. The molecule has 0 saturated carbocycles. The highest BCUT2D eigenvalue weighted by atomic mass is 19.4. The van der Waals surface area contributed by atoms with E-state index in [1.54, 1.807) is 13.0 Å². The van der Waals surface area contributed by atoms with Crippen molar-refractivity contribution in [2.75, 3.05) is 30.3 Å². The Morgan fingerprint density at radius 2 is 1.67 bits per heavy atom. The molecule has 1 amide bonds. The summed E-state index contributed by atoms with van der Waals surface area (Å²) in [6, 6.07) is 6.35. The zero-order chi connectivity index (χ0) is 19.9. The van der Waals surface area contributed by atoms with Crippen molar-refractivity contribution in [2.24, 2.45) is 0 Å². The third-order valence-corrected chi connectivity index (χ3v) is 3.60. The summed E-state index contributed by atoms with van der Waals surface area (Å²) in [6.07, 6.45) is -4.35. The molecule has 1 aromatic carbocycles. The summed E-state index contributed by atoms with van der Waals surface area (Å²) in [4.78, 5) is 20.4. The smallest absolute Gasteiger partial charge is 0.370 e. The molecular formula is C18H22F3N5O. The van der Waals surface area contributed by atoms with Crippen LogP contribution in [-0.2, 0) is 17.4 Å². The van der Waals surface area contributed by atoms with E-state index in [4.69, 9.17) is 0 Å². The normalized spacial score (nSPS) is 11.1. The lowest BCUT2D eigenvalue weighted by Crippen LogP contribution is -2.30. The molecule has 0 spiro atoms. The Hall–Kier alpha value is -2.84. The lowest BCUT2D eigenvalue weighted by Gasteiger charge is -2.10. The second kappa shape index (κ2) is 9.20. The molecule has 0 fully saturated rings. The summed E-state index contributed by atoms with van der Waals surface area (Å²) in [5, 5.41) is 8.92. The van der Waals surface area contributed by atoms with Gasteiger partial charge in [-0.15, -0.1) is 0 Å². The van der Waals surface area contributed by atoms with Crippen LogP contribution in [0.4, 0.5) is 24.8 Å². The van der Waals surface area contributed by atoms with Crippen LogP contribution in [0, 0.1) is 6.92 Å². The highest BCUT2D eigenvalue weighted by Gasteiger charge is 2.29. The van der Waals surface area contributed by atoms with Gasteiger partial charge >= 0.3 is 6.18 Å². The van der Waals surface area contributed by atoms with E-state index in [2.05, 4.69) is 25.9 Å². The topological polar surface area (TPSA) is 78.9 Å². The lowest BCUT2D eigenvalue weighted by atomic mass is 10.1. The van der Waals surface area contributed by atoms with Gasteiger partial charge in [0.1, 0.15) is 17.5 Å². The maximum atomic E-state index is 12.5. The van der Waals surface area contributed by atoms with Crippen LogP contribution in [-0.4, -0.2) is 35.5 Å². The number of benzene rings is 1. The van der Waals surface area contributed by atoms with Crippen LogP contribution < -0.4 is 16.0 Å². The van der Waals surface area contributed by atoms with E-state index < -0.39 is 11.7 Å². The highest BCUT2D eigenvalue weighted by molar-refractivity contribution is 5.78. The maximum absolute atomic E-state index is 12.5. The summed E-state index contributed by atoms with van der Waals surface area (Å²) in [5.41, 5.74) is -0.205. The fourth-order valence-electron chi connectivity index (χ4n) is 2.38. The predicted molar refractivity (Wildman–Crippen MR) is 97.6 cm³/mol. The zero-order valence-corrected chi connectivity index (χ0v) is 15.2. The van der Waals surface area contributed by atoms with Crippen LogP contribution >= 0.6 is 0 Å². The van der Waals surface area contributed by atoms with Gasteiger partial charge in [-0.1, -0.05) is 12.1 Å². The number of aryl methyl sites for hydroxylation is 1. The summed E-state index contributed by atoms with van der Waals surface area (Å²) < 4.78 is 37.6. The Morgan fingerprint density at radius 1 is 1.04 bits per heavy atom. The number of carbonyl (C=O) groups excluding carboxylic acids is 1. The van der Waals surface area contributed by atoms with Crippen LogP contribution in [0.15, 0.2) is 30.3 Å². The molecular weight excluding hydrogens is 359 g/mol. The molecule has 9 heteroatoms. The Labute approximate surface area is 155 Å². The molecule has 0 aliphatic carbocycles. The van der Waals surface area contributed by atoms with Gasteiger partial charge in [-0.05, 0) is 31.5 Å². The highest BCUT2D eigenvalue weighted by Crippen LogP contribution is 2.29. The largest absolute Gasteiger partial charge is 0.416 e. The zero-order valence-electron chi connectivity index (χ0n) is 15.2. The second-order valence-corrected chi connectivity index (χ2v) is 5.86. The minimum absolute atomic E-state index is 0.0231. The SMILES string of the molecule is CCNc1cc(NCCNC(=O)Cc2ccc(C(F)(F)F)cc2)nc(C)n1. The Bertz CT molecular complexity index is 763.